The lowest BCUT2D eigenvalue weighted by molar-refractivity contribution is -0.126. The molecule has 0 aliphatic carbocycles. The lowest BCUT2D eigenvalue weighted by Gasteiger charge is -2.24. The molecule has 2 aromatic rings. The normalized spacial score (nSPS) is 16.6. The Morgan fingerprint density at radius 1 is 1.30 bits per heavy atom. The number of aromatic nitrogens is 2. The maximum atomic E-state index is 11.9. The molecule has 0 saturated carbocycles. The van der Waals surface area contributed by atoms with Crippen molar-refractivity contribution in [2.75, 3.05) is 19.8 Å². The molecule has 2 heterocycles. The zero-order valence-corrected chi connectivity index (χ0v) is 13.0. The number of ether oxygens (including phenoxy) is 2. The molecule has 1 aliphatic rings. The molecule has 1 N–H and O–H groups in total. The van der Waals surface area contributed by atoms with Crippen molar-refractivity contribution in [1.82, 2.24) is 14.9 Å². The minimum Gasteiger partial charge on any atom is -0.491 e. The van der Waals surface area contributed by atoms with Crippen LogP contribution in [0.3, 0.4) is 0 Å². The largest absolute Gasteiger partial charge is 0.491 e. The van der Waals surface area contributed by atoms with Crippen LogP contribution in [0.1, 0.15) is 12.2 Å². The van der Waals surface area contributed by atoms with Crippen molar-refractivity contribution in [1.29, 1.82) is 0 Å². The summed E-state index contributed by atoms with van der Waals surface area (Å²) in [6.07, 6.45) is 5.56. The zero-order valence-electron chi connectivity index (χ0n) is 13.0. The second-order valence-corrected chi connectivity index (χ2v) is 5.51. The van der Waals surface area contributed by atoms with E-state index in [4.69, 9.17) is 9.47 Å². The Balaban J connectivity index is 1.30. The maximum absolute atomic E-state index is 11.9. The number of nitrogens with one attached hydrogen (secondary N) is 1. The van der Waals surface area contributed by atoms with Crippen LogP contribution in [-0.2, 0) is 22.5 Å². The highest BCUT2D eigenvalue weighted by Gasteiger charge is 2.20. The molecule has 1 unspecified atom stereocenters. The molecule has 0 fully saturated rings. The SMILES string of the molecule is O=C(COCCOc1ccccc1)NC1CCc2nccn2C1. The van der Waals surface area contributed by atoms with E-state index in [0.29, 0.717) is 13.2 Å². The number of hydrogen-bond donors (Lipinski definition) is 1. The van der Waals surface area contributed by atoms with Crippen molar-refractivity contribution in [2.45, 2.75) is 25.4 Å². The number of amides is 1. The smallest absolute Gasteiger partial charge is 0.246 e. The van der Waals surface area contributed by atoms with Crippen LogP contribution in [0.15, 0.2) is 42.7 Å². The highest BCUT2D eigenvalue weighted by Crippen LogP contribution is 2.12. The maximum Gasteiger partial charge on any atom is 0.246 e. The summed E-state index contributed by atoms with van der Waals surface area (Å²) in [5.41, 5.74) is 0. The Kier molecular flexibility index (Phi) is 5.26. The summed E-state index contributed by atoms with van der Waals surface area (Å²) in [4.78, 5) is 16.2. The van der Waals surface area contributed by atoms with E-state index in [-0.39, 0.29) is 18.6 Å². The van der Waals surface area contributed by atoms with Gasteiger partial charge < -0.3 is 19.4 Å². The number of carbonyl (C=O) groups is 1. The number of aryl methyl sites for hydroxylation is 1. The number of rotatable bonds is 7. The number of para-hydroxylation sites is 1. The summed E-state index contributed by atoms with van der Waals surface area (Å²) >= 11 is 0. The van der Waals surface area contributed by atoms with Crippen LogP contribution in [-0.4, -0.2) is 41.3 Å². The average molecular weight is 315 g/mol. The molecular formula is C17H21N3O3. The first kappa shape index (κ1) is 15.6. The minimum atomic E-state index is -0.0849. The number of benzene rings is 1. The van der Waals surface area contributed by atoms with E-state index in [1.807, 2.05) is 36.5 Å². The molecule has 23 heavy (non-hydrogen) atoms. The van der Waals surface area contributed by atoms with E-state index in [9.17, 15) is 4.79 Å². The molecule has 1 amide bonds. The fourth-order valence-corrected chi connectivity index (χ4v) is 2.65. The van der Waals surface area contributed by atoms with E-state index < -0.39 is 0 Å². The van der Waals surface area contributed by atoms with Gasteiger partial charge in [0.05, 0.1) is 6.61 Å². The Bertz CT molecular complexity index is 627. The third kappa shape index (κ3) is 4.56. The first-order chi connectivity index (χ1) is 11.3. The summed E-state index contributed by atoms with van der Waals surface area (Å²) in [5, 5.41) is 3.00. The lowest BCUT2D eigenvalue weighted by Crippen LogP contribution is -2.42. The van der Waals surface area contributed by atoms with Crippen LogP contribution < -0.4 is 10.1 Å². The Morgan fingerprint density at radius 3 is 3.04 bits per heavy atom. The molecule has 122 valence electrons. The van der Waals surface area contributed by atoms with Crippen LogP contribution in [0.5, 0.6) is 5.75 Å². The molecule has 3 rings (SSSR count). The molecule has 1 aliphatic heterocycles. The monoisotopic (exact) mass is 315 g/mol. The molecule has 0 bridgehead atoms. The number of fused-ring (bicyclic) bond motifs is 1. The van der Waals surface area contributed by atoms with Gasteiger partial charge in [-0.1, -0.05) is 18.2 Å². The summed E-state index contributed by atoms with van der Waals surface area (Å²) in [5.74, 6) is 1.81. The minimum absolute atomic E-state index is 0.0609. The van der Waals surface area contributed by atoms with Gasteiger partial charge in [0.1, 0.15) is 24.8 Å². The summed E-state index contributed by atoms with van der Waals surface area (Å²) in [6, 6.07) is 9.69. The molecule has 6 nitrogen and oxygen atoms in total. The molecule has 0 radical (unpaired) electrons. The molecule has 6 heteroatoms. The Hall–Kier alpha value is -2.34. The highest BCUT2D eigenvalue weighted by atomic mass is 16.5. The molecular weight excluding hydrogens is 294 g/mol. The predicted octanol–water partition coefficient (Wildman–Crippen LogP) is 1.41. The van der Waals surface area contributed by atoms with Gasteiger partial charge in [0.2, 0.25) is 5.91 Å². The molecule has 1 atom stereocenters. The van der Waals surface area contributed by atoms with Gasteiger partial charge >= 0.3 is 0 Å². The van der Waals surface area contributed by atoms with E-state index >= 15 is 0 Å². The third-order valence-corrected chi connectivity index (χ3v) is 3.77. The number of hydrogen-bond acceptors (Lipinski definition) is 4. The van der Waals surface area contributed by atoms with E-state index in [1.54, 1.807) is 6.20 Å². The van der Waals surface area contributed by atoms with Crippen molar-refractivity contribution in [3.05, 3.63) is 48.5 Å². The van der Waals surface area contributed by atoms with Gasteiger partial charge in [-0.25, -0.2) is 4.98 Å². The van der Waals surface area contributed by atoms with Crippen molar-refractivity contribution < 1.29 is 14.3 Å². The standard InChI is InChI=1S/C17H21N3O3/c21-17(13-22-10-11-23-15-4-2-1-3-5-15)19-14-6-7-16-18-8-9-20(16)12-14/h1-5,8-9,14H,6-7,10-13H2,(H,19,21). The zero-order chi connectivity index (χ0) is 15.9. The molecule has 1 aromatic carbocycles. The predicted molar refractivity (Wildman–Crippen MR) is 85.2 cm³/mol. The first-order valence-electron chi connectivity index (χ1n) is 7.86. The van der Waals surface area contributed by atoms with Gasteiger partial charge in [-0.05, 0) is 18.6 Å². The van der Waals surface area contributed by atoms with Gasteiger partial charge in [-0.2, -0.15) is 0 Å². The summed E-state index contributed by atoms with van der Waals surface area (Å²) < 4.78 is 12.9. The van der Waals surface area contributed by atoms with Crippen LogP contribution in [0.2, 0.25) is 0 Å². The molecule has 1 aromatic heterocycles. The van der Waals surface area contributed by atoms with Gasteiger partial charge in [-0.3, -0.25) is 4.79 Å². The van der Waals surface area contributed by atoms with Gasteiger partial charge in [-0.15, -0.1) is 0 Å². The summed E-state index contributed by atoms with van der Waals surface area (Å²) in [7, 11) is 0. The Morgan fingerprint density at radius 2 is 2.17 bits per heavy atom. The van der Waals surface area contributed by atoms with Crippen molar-refractivity contribution in [3.8, 4) is 5.75 Å². The lowest BCUT2D eigenvalue weighted by atomic mass is 10.1. The Labute approximate surface area is 135 Å². The van der Waals surface area contributed by atoms with E-state index in [1.165, 1.54) is 0 Å². The van der Waals surface area contributed by atoms with Gasteiger partial charge in [0, 0.05) is 31.4 Å². The van der Waals surface area contributed by atoms with Gasteiger partial charge in [0.15, 0.2) is 0 Å². The van der Waals surface area contributed by atoms with Crippen LogP contribution in [0, 0.1) is 0 Å². The molecule has 0 spiro atoms. The van der Waals surface area contributed by atoms with Gasteiger partial charge in [0.25, 0.3) is 0 Å². The fraction of sp³-hybridized carbons (Fsp3) is 0.412. The van der Waals surface area contributed by atoms with Crippen LogP contribution >= 0.6 is 0 Å². The molecule has 0 saturated heterocycles. The number of imidazole rings is 1. The topological polar surface area (TPSA) is 65.4 Å². The van der Waals surface area contributed by atoms with Crippen LogP contribution in [0.25, 0.3) is 0 Å². The second kappa shape index (κ2) is 7.78. The van der Waals surface area contributed by atoms with Crippen molar-refractivity contribution >= 4 is 5.91 Å². The highest BCUT2D eigenvalue weighted by molar-refractivity contribution is 5.77. The van der Waals surface area contributed by atoms with E-state index in [0.717, 1.165) is 31.0 Å². The van der Waals surface area contributed by atoms with Crippen molar-refractivity contribution in [3.63, 3.8) is 0 Å². The fourth-order valence-electron chi connectivity index (χ4n) is 2.65. The third-order valence-electron chi connectivity index (χ3n) is 3.77. The van der Waals surface area contributed by atoms with E-state index in [2.05, 4.69) is 14.9 Å². The number of nitrogens with zero attached hydrogens (tertiary/aromatic N) is 2. The number of carbonyl (C=O) groups excluding carboxylic acids is 1. The average Bonchev–Trinajstić information content (AvgIpc) is 3.03. The summed E-state index contributed by atoms with van der Waals surface area (Å²) in [6.45, 7) is 1.65. The second-order valence-electron chi connectivity index (χ2n) is 5.51. The van der Waals surface area contributed by atoms with Crippen LogP contribution in [0.4, 0.5) is 0 Å². The first-order valence-corrected chi connectivity index (χ1v) is 7.86. The van der Waals surface area contributed by atoms with Crippen molar-refractivity contribution in [2.24, 2.45) is 0 Å². The quantitative estimate of drug-likeness (QED) is 0.785.